The van der Waals surface area contributed by atoms with Crippen LogP contribution in [0.15, 0.2) is 54.7 Å². The van der Waals surface area contributed by atoms with E-state index in [1.807, 2.05) is 18.2 Å². The minimum atomic E-state index is -0.152. The summed E-state index contributed by atoms with van der Waals surface area (Å²) in [5, 5.41) is 4.79. The normalized spacial score (nSPS) is 15.4. The molecule has 5 heteroatoms. The number of fused-ring (bicyclic) bond motifs is 1. The first kappa shape index (κ1) is 18.2. The molecule has 0 radical (unpaired) electrons. The van der Waals surface area contributed by atoms with Crippen molar-refractivity contribution < 1.29 is 9.13 Å². The van der Waals surface area contributed by atoms with Gasteiger partial charge in [0, 0.05) is 55.4 Å². The van der Waals surface area contributed by atoms with Crippen molar-refractivity contribution in [3.8, 4) is 0 Å². The summed E-state index contributed by atoms with van der Waals surface area (Å²) < 4.78 is 21.6. The lowest BCUT2D eigenvalue weighted by Crippen LogP contribution is -2.40. The first-order valence-electron chi connectivity index (χ1n) is 9.62. The van der Waals surface area contributed by atoms with Gasteiger partial charge in [0.15, 0.2) is 0 Å². The summed E-state index contributed by atoms with van der Waals surface area (Å²) in [6, 6.07) is 15.3. The van der Waals surface area contributed by atoms with Gasteiger partial charge in [0.2, 0.25) is 0 Å². The van der Waals surface area contributed by atoms with Crippen LogP contribution in [0, 0.1) is 5.82 Å². The molecule has 1 saturated heterocycles. The molecule has 0 unspecified atom stereocenters. The Hall–Kier alpha value is -2.21. The molecule has 2 heterocycles. The number of hydrogen-bond donors (Lipinski definition) is 1. The molecule has 0 atom stereocenters. The third kappa shape index (κ3) is 4.38. The van der Waals surface area contributed by atoms with Crippen LogP contribution in [0.5, 0.6) is 0 Å². The quantitative estimate of drug-likeness (QED) is 0.650. The van der Waals surface area contributed by atoms with E-state index >= 15 is 0 Å². The number of halogens is 1. The summed E-state index contributed by atoms with van der Waals surface area (Å²) in [6.45, 7) is 7.06. The molecule has 0 aliphatic carbocycles. The second kappa shape index (κ2) is 8.65. The predicted octanol–water partition coefficient (Wildman–Crippen LogP) is 3.25. The SMILES string of the molecule is Fc1ccccc1Cn1cc(CNCCN2CCOCC2)c2ccccc21. The Morgan fingerprint density at radius 1 is 0.963 bits per heavy atom. The molecular weight excluding hydrogens is 341 g/mol. The average molecular weight is 367 g/mol. The fourth-order valence-electron chi connectivity index (χ4n) is 3.69. The lowest BCUT2D eigenvalue weighted by atomic mass is 10.2. The summed E-state index contributed by atoms with van der Waals surface area (Å²) in [5.41, 5.74) is 3.11. The Kier molecular flexibility index (Phi) is 5.82. The van der Waals surface area contributed by atoms with E-state index in [1.165, 1.54) is 17.0 Å². The number of hydrogen-bond acceptors (Lipinski definition) is 3. The fourth-order valence-corrected chi connectivity index (χ4v) is 3.69. The van der Waals surface area contributed by atoms with Gasteiger partial charge in [0.25, 0.3) is 0 Å². The molecule has 1 aliphatic rings. The maximum atomic E-state index is 14.1. The largest absolute Gasteiger partial charge is 0.379 e. The number of para-hydroxylation sites is 1. The monoisotopic (exact) mass is 367 g/mol. The van der Waals surface area contributed by atoms with E-state index in [1.54, 1.807) is 6.07 Å². The van der Waals surface area contributed by atoms with Crippen LogP contribution in [0.3, 0.4) is 0 Å². The molecule has 4 nitrogen and oxygen atoms in total. The molecule has 142 valence electrons. The molecule has 0 saturated carbocycles. The van der Waals surface area contributed by atoms with Crippen molar-refractivity contribution in [3.05, 3.63) is 71.7 Å². The van der Waals surface area contributed by atoms with E-state index < -0.39 is 0 Å². The minimum Gasteiger partial charge on any atom is -0.379 e. The number of benzene rings is 2. The molecule has 3 aromatic rings. The standard InChI is InChI=1S/C22H26FN3O/c23-21-7-3-1-5-18(21)16-26-17-19(20-6-2-4-8-22(20)26)15-24-9-10-25-11-13-27-14-12-25/h1-8,17,24H,9-16H2. The minimum absolute atomic E-state index is 0.152. The van der Waals surface area contributed by atoms with Crippen LogP contribution in [0.2, 0.25) is 0 Å². The maximum absolute atomic E-state index is 14.1. The molecule has 27 heavy (non-hydrogen) atoms. The lowest BCUT2D eigenvalue weighted by Gasteiger charge is -2.26. The van der Waals surface area contributed by atoms with Crippen molar-refractivity contribution in [2.45, 2.75) is 13.1 Å². The number of nitrogens with one attached hydrogen (secondary N) is 1. The van der Waals surface area contributed by atoms with E-state index in [-0.39, 0.29) is 5.82 Å². The topological polar surface area (TPSA) is 29.4 Å². The highest BCUT2D eigenvalue weighted by molar-refractivity contribution is 5.84. The first-order valence-corrected chi connectivity index (χ1v) is 9.62. The molecule has 0 amide bonds. The molecule has 1 fully saturated rings. The van der Waals surface area contributed by atoms with Crippen molar-refractivity contribution in [1.29, 1.82) is 0 Å². The molecule has 1 aliphatic heterocycles. The van der Waals surface area contributed by atoms with Crippen LogP contribution >= 0.6 is 0 Å². The van der Waals surface area contributed by atoms with E-state index in [2.05, 4.69) is 39.2 Å². The number of ether oxygens (including phenoxy) is 1. The van der Waals surface area contributed by atoms with Gasteiger partial charge in [-0.15, -0.1) is 0 Å². The molecule has 0 spiro atoms. The Morgan fingerprint density at radius 3 is 2.59 bits per heavy atom. The van der Waals surface area contributed by atoms with Gasteiger partial charge < -0.3 is 14.6 Å². The van der Waals surface area contributed by atoms with Gasteiger partial charge in [-0.1, -0.05) is 36.4 Å². The summed E-state index contributed by atoms with van der Waals surface area (Å²) in [5.74, 6) is -0.152. The third-order valence-electron chi connectivity index (χ3n) is 5.19. The summed E-state index contributed by atoms with van der Waals surface area (Å²) in [6.07, 6.45) is 2.15. The Labute approximate surface area is 159 Å². The van der Waals surface area contributed by atoms with E-state index in [9.17, 15) is 4.39 Å². The summed E-state index contributed by atoms with van der Waals surface area (Å²) in [4.78, 5) is 2.43. The van der Waals surface area contributed by atoms with Crippen LogP contribution in [-0.2, 0) is 17.8 Å². The molecular formula is C22H26FN3O. The second-order valence-electron chi connectivity index (χ2n) is 7.02. The zero-order chi connectivity index (χ0) is 18.5. The van der Waals surface area contributed by atoms with Gasteiger partial charge in [-0.05, 0) is 17.7 Å². The maximum Gasteiger partial charge on any atom is 0.128 e. The van der Waals surface area contributed by atoms with Crippen LogP contribution in [0.25, 0.3) is 10.9 Å². The van der Waals surface area contributed by atoms with E-state index in [0.29, 0.717) is 12.1 Å². The van der Waals surface area contributed by atoms with Crippen LogP contribution in [0.4, 0.5) is 4.39 Å². The summed E-state index contributed by atoms with van der Waals surface area (Å²) in [7, 11) is 0. The van der Waals surface area contributed by atoms with E-state index in [4.69, 9.17) is 4.74 Å². The van der Waals surface area contributed by atoms with Crippen molar-refractivity contribution in [2.24, 2.45) is 0 Å². The zero-order valence-corrected chi connectivity index (χ0v) is 15.5. The number of aromatic nitrogens is 1. The van der Waals surface area contributed by atoms with Gasteiger partial charge in [-0.3, -0.25) is 4.90 Å². The van der Waals surface area contributed by atoms with Crippen molar-refractivity contribution in [2.75, 3.05) is 39.4 Å². The first-order chi connectivity index (χ1) is 13.3. The zero-order valence-electron chi connectivity index (χ0n) is 15.5. The van der Waals surface area contributed by atoms with Crippen LogP contribution in [-0.4, -0.2) is 48.9 Å². The highest BCUT2D eigenvalue weighted by Crippen LogP contribution is 2.23. The van der Waals surface area contributed by atoms with Crippen molar-refractivity contribution >= 4 is 10.9 Å². The molecule has 2 aromatic carbocycles. The van der Waals surface area contributed by atoms with Crippen molar-refractivity contribution in [3.63, 3.8) is 0 Å². The number of morpholine rings is 1. The van der Waals surface area contributed by atoms with Gasteiger partial charge in [0.05, 0.1) is 19.8 Å². The van der Waals surface area contributed by atoms with Gasteiger partial charge >= 0.3 is 0 Å². The van der Waals surface area contributed by atoms with Gasteiger partial charge in [-0.2, -0.15) is 0 Å². The predicted molar refractivity (Wildman–Crippen MR) is 106 cm³/mol. The second-order valence-corrected chi connectivity index (χ2v) is 7.02. The number of nitrogens with zero attached hydrogens (tertiary/aromatic N) is 2. The molecule has 4 rings (SSSR count). The molecule has 0 bridgehead atoms. The highest BCUT2D eigenvalue weighted by Gasteiger charge is 2.11. The van der Waals surface area contributed by atoms with Crippen LogP contribution < -0.4 is 5.32 Å². The smallest absolute Gasteiger partial charge is 0.128 e. The van der Waals surface area contributed by atoms with Gasteiger partial charge in [0.1, 0.15) is 5.82 Å². The molecule has 1 aromatic heterocycles. The van der Waals surface area contributed by atoms with Crippen molar-refractivity contribution in [1.82, 2.24) is 14.8 Å². The Morgan fingerprint density at radius 2 is 1.74 bits per heavy atom. The fraction of sp³-hybridized carbons (Fsp3) is 0.364. The Balaban J connectivity index is 1.44. The number of rotatable bonds is 7. The third-order valence-corrected chi connectivity index (χ3v) is 5.19. The van der Waals surface area contributed by atoms with E-state index in [0.717, 1.165) is 51.5 Å². The average Bonchev–Trinajstić information content (AvgIpc) is 3.06. The lowest BCUT2D eigenvalue weighted by molar-refractivity contribution is 0.0384. The highest BCUT2D eigenvalue weighted by atomic mass is 19.1. The summed E-state index contributed by atoms with van der Waals surface area (Å²) >= 11 is 0. The Bertz CT molecular complexity index is 886. The van der Waals surface area contributed by atoms with Gasteiger partial charge in [-0.25, -0.2) is 4.39 Å². The molecule has 1 N–H and O–H groups in total. The van der Waals surface area contributed by atoms with Crippen LogP contribution in [0.1, 0.15) is 11.1 Å².